The van der Waals surface area contributed by atoms with Crippen LogP contribution in [0.1, 0.15) is 5.56 Å². The first-order chi connectivity index (χ1) is 11.1. The van der Waals surface area contributed by atoms with Crippen molar-refractivity contribution in [2.24, 2.45) is 0 Å². The first-order valence-corrected chi connectivity index (χ1v) is 7.82. The van der Waals surface area contributed by atoms with Gasteiger partial charge >= 0.3 is 5.97 Å². The Labute approximate surface area is 134 Å². The maximum Gasteiger partial charge on any atom is 0.323 e. The van der Waals surface area contributed by atoms with Crippen LogP contribution in [0.5, 0.6) is 0 Å². The zero-order valence-corrected chi connectivity index (χ0v) is 13.0. The molecule has 1 aromatic rings. The van der Waals surface area contributed by atoms with E-state index in [0.717, 1.165) is 50.6 Å². The van der Waals surface area contributed by atoms with Crippen LogP contribution in [0.15, 0.2) is 18.2 Å². The Morgan fingerprint density at radius 2 is 2.09 bits per heavy atom. The zero-order valence-electron chi connectivity index (χ0n) is 13.0. The summed E-state index contributed by atoms with van der Waals surface area (Å²) in [6.07, 6.45) is 0.265. The summed E-state index contributed by atoms with van der Waals surface area (Å²) in [5, 5.41) is 12.3. The second kappa shape index (κ2) is 6.97. The number of carbonyl (C=O) groups excluding carboxylic acids is 1. The third-order valence-corrected chi connectivity index (χ3v) is 4.17. The van der Waals surface area contributed by atoms with E-state index in [1.165, 1.54) is 4.90 Å². The highest BCUT2D eigenvalue weighted by Gasteiger charge is 2.28. The molecule has 0 saturated carbocycles. The number of carbonyl (C=O) groups is 2. The number of hydrogen-bond donors (Lipinski definition) is 2. The molecule has 2 aliphatic rings. The number of anilines is 2. The second-order valence-electron chi connectivity index (χ2n) is 5.77. The number of benzene rings is 1. The van der Waals surface area contributed by atoms with E-state index in [1.807, 2.05) is 18.2 Å². The molecule has 1 aromatic carbocycles. The van der Waals surface area contributed by atoms with Crippen molar-refractivity contribution in [1.29, 1.82) is 0 Å². The number of amides is 1. The zero-order chi connectivity index (χ0) is 16.2. The van der Waals surface area contributed by atoms with Gasteiger partial charge < -0.3 is 20.1 Å². The number of rotatable bonds is 6. The van der Waals surface area contributed by atoms with Gasteiger partial charge in [0, 0.05) is 37.6 Å². The lowest BCUT2D eigenvalue weighted by Gasteiger charge is -2.26. The largest absolute Gasteiger partial charge is 0.480 e. The molecule has 124 valence electrons. The van der Waals surface area contributed by atoms with Crippen LogP contribution in [0.2, 0.25) is 0 Å². The summed E-state index contributed by atoms with van der Waals surface area (Å²) in [7, 11) is 0. The predicted octanol–water partition coefficient (Wildman–Crippen LogP) is 0.404. The number of morpholine rings is 1. The van der Waals surface area contributed by atoms with Gasteiger partial charge in [0.1, 0.15) is 6.54 Å². The molecule has 0 atom stereocenters. The Morgan fingerprint density at radius 3 is 2.83 bits per heavy atom. The first-order valence-electron chi connectivity index (χ1n) is 7.82. The maximum absolute atomic E-state index is 11.9. The van der Waals surface area contributed by atoms with E-state index >= 15 is 0 Å². The molecule has 0 bridgehead atoms. The lowest BCUT2D eigenvalue weighted by atomic mass is 10.1. The van der Waals surface area contributed by atoms with Gasteiger partial charge in [-0.3, -0.25) is 14.5 Å². The number of ether oxygens (including phenoxy) is 1. The normalized spacial score (nSPS) is 18.1. The summed E-state index contributed by atoms with van der Waals surface area (Å²) in [5.41, 5.74) is 2.55. The quantitative estimate of drug-likeness (QED) is 0.790. The van der Waals surface area contributed by atoms with E-state index in [-0.39, 0.29) is 18.9 Å². The number of hydrogen-bond acceptors (Lipinski definition) is 5. The summed E-state index contributed by atoms with van der Waals surface area (Å²) in [6.45, 7) is 5.00. The molecule has 23 heavy (non-hydrogen) atoms. The van der Waals surface area contributed by atoms with Crippen molar-refractivity contribution in [3.8, 4) is 0 Å². The third-order valence-electron chi connectivity index (χ3n) is 4.17. The lowest BCUT2D eigenvalue weighted by molar-refractivity contribution is -0.136. The Hall–Kier alpha value is -2.12. The van der Waals surface area contributed by atoms with Crippen LogP contribution in [0.4, 0.5) is 11.4 Å². The standard InChI is InChI=1S/C16H21N3O4/c20-15-10-12-9-13(1-2-14(12)19(15)11-16(21)22)17-3-4-18-5-7-23-8-6-18/h1-2,9,17H,3-8,10-11H2,(H,21,22). The molecule has 2 aliphatic heterocycles. The molecule has 2 heterocycles. The lowest BCUT2D eigenvalue weighted by Crippen LogP contribution is -2.39. The van der Waals surface area contributed by atoms with E-state index < -0.39 is 5.97 Å². The van der Waals surface area contributed by atoms with Crippen LogP contribution in [0.25, 0.3) is 0 Å². The van der Waals surface area contributed by atoms with Gasteiger partial charge in [0.2, 0.25) is 5.91 Å². The second-order valence-corrected chi connectivity index (χ2v) is 5.77. The average Bonchev–Trinajstić information content (AvgIpc) is 2.83. The SMILES string of the molecule is O=C(O)CN1C(=O)Cc2cc(NCCN3CCOCC3)ccc21. The summed E-state index contributed by atoms with van der Waals surface area (Å²) in [6, 6.07) is 5.65. The van der Waals surface area contributed by atoms with E-state index in [9.17, 15) is 9.59 Å². The molecule has 1 saturated heterocycles. The molecule has 0 spiro atoms. The van der Waals surface area contributed by atoms with Crippen molar-refractivity contribution < 1.29 is 19.4 Å². The number of carboxylic acids is 1. The van der Waals surface area contributed by atoms with Crippen molar-refractivity contribution in [3.05, 3.63) is 23.8 Å². The first kappa shape index (κ1) is 15.8. The fraction of sp³-hybridized carbons (Fsp3) is 0.500. The molecule has 0 aromatic heterocycles. The summed E-state index contributed by atoms with van der Waals surface area (Å²) < 4.78 is 5.32. The molecular weight excluding hydrogens is 298 g/mol. The molecule has 2 N–H and O–H groups in total. The van der Waals surface area contributed by atoms with Crippen LogP contribution in [-0.2, 0) is 20.7 Å². The van der Waals surface area contributed by atoms with Gasteiger partial charge in [-0.05, 0) is 23.8 Å². The van der Waals surface area contributed by atoms with Crippen LogP contribution in [0, 0.1) is 0 Å². The fourth-order valence-electron chi connectivity index (χ4n) is 2.98. The van der Waals surface area contributed by atoms with E-state index in [0.29, 0.717) is 5.69 Å². The van der Waals surface area contributed by atoms with Crippen LogP contribution >= 0.6 is 0 Å². The summed E-state index contributed by atoms with van der Waals surface area (Å²) in [4.78, 5) is 26.4. The molecular formula is C16H21N3O4. The average molecular weight is 319 g/mol. The smallest absolute Gasteiger partial charge is 0.323 e. The van der Waals surface area contributed by atoms with Crippen molar-refractivity contribution in [1.82, 2.24) is 4.90 Å². The van der Waals surface area contributed by atoms with Crippen molar-refractivity contribution >= 4 is 23.3 Å². The van der Waals surface area contributed by atoms with Crippen molar-refractivity contribution in [2.45, 2.75) is 6.42 Å². The molecule has 1 amide bonds. The van der Waals surface area contributed by atoms with Gasteiger partial charge in [0.25, 0.3) is 0 Å². The monoisotopic (exact) mass is 319 g/mol. The number of aliphatic carboxylic acids is 1. The van der Waals surface area contributed by atoms with Gasteiger partial charge in [-0.25, -0.2) is 0 Å². The highest BCUT2D eigenvalue weighted by molar-refractivity contribution is 6.04. The molecule has 0 unspecified atom stereocenters. The van der Waals surface area contributed by atoms with E-state index in [4.69, 9.17) is 9.84 Å². The number of nitrogens with one attached hydrogen (secondary N) is 1. The van der Waals surface area contributed by atoms with E-state index in [1.54, 1.807) is 0 Å². The Kier molecular flexibility index (Phi) is 4.78. The number of nitrogens with zero attached hydrogens (tertiary/aromatic N) is 2. The maximum atomic E-state index is 11.9. The minimum absolute atomic E-state index is 0.159. The van der Waals surface area contributed by atoms with Gasteiger partial charge in [0.15, 0.2) is 0 Å². The molecule has 7 nitrogen and oxygen atoms in total. The molecule has 0 aliphatic carbocycles. The molecule has 1 fully saturated rings. The minimum atomic E-state index is -1.00. The van der Waals surface area contributed by atoms with Crippen LogP contribution < -0.4 is 10.2 Å². The third kappa shape index (κ3) is 3.80. The summed E-state index contributed by atoms with van der Waals surface area (Å²) >= 11 is 0. The van der Waals surface area contributed by atoms with Gasteiger partial charge in [0.05, 0.1) is 19.6 Å². The van der Waals surface area contributed by atoms with Crippen molar-refractivity contribution in [3.63, 3.8) is 0 Å². The van der Waals surface area contributed by atoms with Crippen LogP contribution in [-0.4, -0.2) is 67.8 Å². The number of fused-ring (bicyclic) bond motifs is 1. The minimum Gasteiger partial charge on any atom is -0.480 e. The Morgan fingerprint density at radius 1 is 1.30 bits per heavy atom. The molecule has 0 radical (unpaired) electrons. The van der Waals surface area contributed by atoms with Crippen molar-refractivity contribution in [2.75, 3.05) is 56.2 Å². The highest BCUT2D eigenvalue weighted by atomic mass is 16.5. The van der Waals surface area contributed by atoms with Gasteiger partial charge in [-0.1, -0.05) is 0 Å². The molecule has 3 rings (SSSR count). The van der Waals surface area contributed by atoms with Gasteiger partial charge in [-0.15, -0.1) is 0 Å². The Balaban J connectivity index is 1.57. The highest BCUT2D eigenvalue weighted by Crippen LogP contribution is 2.30. The predicted molar refractivity (Wildman–Crippen MR) is 85.9 cm³/mol. The molecule has 7 heteroatoms. The Bertz CT molecular complexity index is 599. The van der Waals surface area contributed by atoms with Crippen LogP contribution in [0.3, 0.4) is 0 Å². The number of carboxylic acid groups (broad SMARTS) is 1. The van der Waals surface area contributed by atoms with E-state index in [2.05, 4.69) is 10.2 Å². The summed E-state index contributed by atoms with van der Waals surface area (Å²) in [5.74, 6) is -1.16. The fourth-order valence-corrected chi connectivity index (χ4v) is 2.98. The van der Waals surface area contributed by atoms with Gasteiger partial charge in [-0.2, -0.15) is 0 Å². The topological polar surface area (TPSA) is 82.1 Å².